The molecule has 34 heavy (non-hydrogen) atoms. The maximum absolute atomic E-state index is 13.1. The predicted octanol–water partition coefficient (Wildman–Crippen LogP) is 5.28. The van der Waals surface area contributed by atoms with Crippen molar-refractivity contribution >= 4 is 73.7 Å². The number of ether oxygens (including phenoxy) is 2. The minimum atomic E-state index is -0.202. The molecule has 1 N–H and O–H groups in total. The fourth-order valence-electron chi connectivity index (χ4n) is 3.78. The number of rotatable bonds is 6. The Morgan fingerprint density at radius 2 is 1.71 bits per heavy atom. The summed E-state index contributed by atoms with van der Waals surface area (Å²) in [5.74, 6) is 0.569. The number of methoxy groups -OCH3 is 2. The van der Waals surface area contributed by atoms with Crippen LogP contribution in [0.25, 0.3) is 10.1 Å². The smallest absolute Gasteiger partial charge is 0.265 e. The van der Waals surface area contributed by atoms with Crippen LogP contribution >= 0.6 is 46.1 Å². The monoisotopic (exact) mass is 541 g/mol. The normalized spacial score (nSPS) is 14.3. The van der Waals surface area contributed by atoms with E-state index in [1.807, 2.05) is 17.0 Å². The number of benzene rings is 2. The molecule has 11 heteroatoms. The summed E-state index contributed by atoms with van der Waals surface area (Å²) < 4.78 is 11.4. The molecule has 0 radical (unpaired) electrons. The molecule has 0 bridgehead atoms. The molecule has 7 nitrogen and oxygen atoms in total. The zero-order chi connectivity index (χ0) is 24.4. The molecule has 2 amide bonds. The summed E-state index contributed by atoms with van der Waals surface area (Å²) in [5.41, 5.74) is 0.474. The van der Waals surface area contributed by atoms with E-state index in [0.29, 0.717) is 63.3 Å². The second kappa shape index (κ2) is 10.6. The second-order valence-corrected chi connectivity index (χ2v) is 9.96. The fraction of sp³-hybridized carbons (Fsp3) is 0.304. The number of nitrogens with one attached hydrogen (secondary N) is 1. The molecule has 0 saturated carbocycles. The Labute approximate surface area is 216 Å². The molecule has 1 aliphatic rings. The number of halogens is 3. The number of piperazine rings is 1. The van der Waals surface area contributed by atoms with Crippen LogP contribution in [0.15, 0.2) is 30.3 Å². The van der Waals surface area contributed by atoms with Crippen molar-refractivity contribution < 1.29 is 19.1 Å². The van der Waals surface area contributed by atoms with E-state index in [1.165, 1.54) is 25.6 Å². The number of hydrogen-bond donors (Lipinski definition) is 1. The number of thiophene rings is 1. The molecule has 1 aliphatic heterocycles. The third kappa shape index (κ3) is 5.21. The van der Waals surface area contributed by atoms with Gasteiger partial charge in [0, 0.05) is 53.4 Å². The molecule has 0 aliphatic carbocycles. The van der Waals surface area contributed by atoms with Crippen LogP contribution in [0.2, 0.25) is 15.1 Å². The van der Waals surface area contributed by atoms with E-state index >= 15 is 0 Å². The third-order valence-corrected chi connectivity index (χ3v) is 7.74. The molecular formula is C23H22Cl3N3O4S. The maximum atomic E-state index is 13.1. The zero-order valence-corrected chi connectivity index (χ0v) is 21.6. The fourth-order valence-corrected chi connectivity index (χ4v) is 5.77. The summed E-state index contributed by atoms with van der Waals surface area (Å²) in [6, 6.07) is 8.61. The first-order chi connectivity index (χ1) is 16.3. The van der Waals surface area contributed by atoms with Crippen LogP contribution in [0.4, 0.5) is 5.69 Å². The lowest BCUT2D eigenvalue weighted by Gasteiger charge is -2.34. The highest BCUT2D eigenvalue weighted by atomic mass is 35.5. The van der Waals surface area contributed by atoms with Crippen LogP contribution < -0.4 is 14.8 Å². The van der Waals surface area contributed by atoms with Gasteiger partial charge in [-0.1, -0.05) is 40.9 Å². The highest BCUT2D eigenvalue weighted by Gasteiger charge is 2.27. The molecule has 0 spiro atoms. The van der Waals surface area contributed by atoms with Gasteiger partial charge in [0.15, 0.2) is 0 Å². The van der Waals surface area contributed by atoms with Gasteiger partial charge in [-0.2, -0.15) is 0 Å². The minimum Gasteiger partial charge on any atom is -0.495 e. The van der Waals surface area contributed by atoms with Gasteiger partial charge in [-0.25, -0.2) is 0 Å². The Kier molecular flexibility index (Phi) is 7.74. The van der Waals surface area contributed by atoms with Crippen molar-refractivity contribution in [2.24, 2.45) is 0 Å². The largest absolute Gasteiger partial charge is 0.495 e. The van der Waals surface area contributed by atoms with Gasteiger partial charge in [0.2, 0.25) is 5.91 Å². The van der Waals surface area contributed by atoms with E-state index in [4.69, 9.17) is 44.3 Å². The number of hydrogen-bond acceptors (Lipinski definition) is 6. The van der Waals surface area contributed by atoms with Gasteiger partial charge < -0.3 is 19.7 Å². The Bertz CT molecular complexity index is 1240. The van der Waals surface area contributed by atoms with Crippen molar-refractivity contribution in [2.75, 3.05) is 52.3 Å². The average molecular weight is 543 g/mol. The molecule has 1 aromatic heterocycles. The number of anilines is 1. The van der Waals surface area contributed by atoms with E-state index in [1.54, 1.807) is 23.1 Å². The Morgan fingerprint density at radius 3 is 2.38 bits per heavy atom. The molecule has 2 heterocycles. The minimum absolute atomic E-state index is 0.107. The average Bonchev–Trinajstić information content (AvgIpc) is 3.15. The molecule has 180 valence electrons. The second-order valence-electron chi connectivity index (χ2n) is 7.69. The van der Waals surface area contributed by atoms with Gasteiger partial charge in [0.1, 0.15) is 16.4 Å². The SMILES string of the molecule is COc1cc(NC(=O)CN2CCN(C(=O)c3sc4cc(Cl)ccc4c3Cl)CC2)c(OC)cc1Cl. The number of nitrogens with zero attached hydrogens (tertiary/aromatic N) is 2. The van der Waals surface area contributed by atoms with Crippen molar-refractivity contribution in [3.05, 3.63) is 50.3 Å². The highest BCUT2D eigenvalue weighted by Crippen LogP contribution is 2.38. The standard InChI is InChI=1S/C23H22Cl3N3O4S/c1-32-17-11-16(18(33-2)10-15(17)25)27-20(30)12-28-5-7-29(8-6-28)23(31)22-21(26)14-4-3-13(24)9-19(14)34-22/h3-4,9-11H,5-8,12H2,1-2H3,(H,27,30). The summed E-state index contributed by atoms with van der Waals surface area (Å²) in [6.07, 6.45) is 0. The van der Waals surface area contributed by atoms with Crippen molar-refractivity contribution in [3.8, 4) is 11.5 Å². The summed E-state index contributed by atoms with van der Waals surface area (Å²) >= 11 is 20.0. The van der Waals surface area contributed by atoms with Gasteiger partial charge in [-0.15, -0.1) is 11.3 Å². The molecular weight excluding hydrogens is 521 g/mol. The molecule has 2 aromatic carbocycles. The molecule has 4 rings (SSSR count). The Morgan fingerprint density at radius 1 is 1.00 bits per heavy atom. The Hall–Kier alpha value is -2.23. The first-order valence-electron chi connectivity index (χ1n) is 10.4. The lowest BCUT2D eigenvalue weighted by Crippen LogP contribution is -2.50. The van der Waals surface area contributed by atoms with Crippen LogP contribution in [0.3, 0.4) is 0 Å². The molecule has 1 fully saturated rings. The first-order valence-corrected chi connectivity index (χ1v) is 12.4. The number of amides is 2. The van der Waals surface area contributed by atoms with E-state index in [2.05, 4.69) is 5.32 Å². The molecule has 3 aromatic rings. The number of carbonyl (C=O) groups excluding carboxylic acids is 2. The van der Waals surface area contributed by atoms with Crippen LogP contribution in [-0.2, 0) is 4.79 Å². The summed E-state index contributed by atoms with van der Waals surface area (Å²) in [7, 11) is 3.00. The molecule has 1 saturated heterocycles. The Balaban J connectivity index is 1.36. The summed E-state index contributed by atoms with van der Waals surface area (Å²) in [4.78, 5) is 30.0. The third-order valence-electron chi connectivity index (χ3n) is 5.56. The van der Waals surface area contributed by atoms with Crippen molar-refractivity contribution in [3.63, 3.8) is 0 Å². The van der Waals surface area contributed by atoms with Gasteiger partial charge >= 0.3 is 0 Å². The van der Waals surface area contributed by atoms with Crippen LogP contribution in [-0.4, -0.2) is 68.6 Å². The van der Waals surface area contributed by atoms with Crippen LogP contribution in [0.1, 0.15) is 9.67 Å². The summed E-state index contributed by atoms with van der Waals surface area (Å²) in [5, 5.41) is 5.12. The van der Waals surface area contributed by atoms with E-state index in [9.17, 15) is 9.59 Å². The van der Waals surface area contributed by atoms with Gasteiger partial charge in [-0.3, -0.25) is 14.5 Å². The van der Waals surface area contributed by atoms with Crippen molar-refractivity contribution in [1.82, 2.24) is 9.80 Å². The molecule has 0 unspecified atom stereocenters. The van der Waals surface area contributed by atoms with Crippen molar-refractivity contribution in [2.45, 2.75) is 0 Å². The van der Waals surface area contributed by atoms with Gasteiger partial charge in [0.05, 0.1) is 36.5 Å². The number of carbonyl (C=O) groups is 2. The van der Waals surface area contributed by atoms with Gasteiger partial charge in [0.25, 0.3) is 5.91 Å². The van der Waals surface area contributed by atoms with E-state index in [0.717, 1.165) is 10.1 Å². The van der Waals surface area contributed by atoms with E-state index in [-0.39, 0.29) is 18.4 Å². The van der Waals surface area contributed by atoms with Crippen molar-refractivity contribution in [1.29, 1.82) is 0 Å². The predicted molar refractivity (Wildman–Crippen MR) is 137 cm³/mol. The first kappa shape index (κ1) is 24.9. The quantitative estimate of drug-likeness (QED) is 0.459. The lowest BCUT2D eigenvalue weighted by molar-refractivity contribution is -0.117. The van der Waals surface area contributed by atoms with Crippen LogP contribution in [0, 0.1) is 0 Å². The van der Waals surface area contributed by atoms with Crippen LogP contribution in [0.5, 0.6) is 11.5 Å². The van der Waals surface area contributed by atoms with E-state index < -0.39 is 0 Å². The molecule has 0 atom stereocenters. The summed E-state index contributed by atoms with van der Waals surface area (Å²) in [6.45, 7) is 2.30. The highest BCUT2D eigenvalue weighted by molar-refractivity contribution is 7.21. The lowest BCUT2D eigenvalue weighted by atomic mass is 10.2. The zero-order valence-electron chi connectivity index (χ0n) is 18.5. The maximum Gasteiger partial charge on any atom is 0.265 e. The topological polar surface area (TPSA) is 71.1 Å². The number of fused-ring (bicyclic) bond motifs is 1. The van der Waals surface area contributed by atoms with Gasteiger partial charge in [-0.05, 0) is 12.1 Å².